The summed E-state index contributed by atoms with van der Waals surface area (Å²) in [5.41, 5.74) is 1.30. The summed E-state index contributed by atoms with van der Waals surface area (Å²) < 4.78 is 26.9. The van der Waals surface area contributed by atoms with Crippen LogP contribution in [-0.2, 0) is 21.4 Å². The molecule has 6 nitrogen and oxygen atoms in total. The van der Waals surface area contributed by atoms with Crippen molar-refractivity contribution in [3.05, 3.63) is 51.7 Å². The Morgan fingerprint density at radius 1 is 1.11 bits per heavy atom. The Balaban J connectivity index is 1.41. The maximum absolute atomic E-state index is 12.3. The Morgan fingerprint density at radius 3 is 2.44 bits per heavy atom. The summed E-state index contributed by atoms with van der Waals surface area (Å²) >= 11 is 7.46. The molecule has 146 valence electrons. The molecule has 1 N–H and O–H groups in total. The molecule has 0 unspecified atom stereocenters. The van der Waals surface area contributed by atoms with Crippen LogP contribution in [0.5, 0.6) is 0 Å². The molecule has 0 aliphatic carbocycles. The summed E-state index contributed by atoms with van der Waals surface area (Å²) in [6.45, 7) is 4.00. The fourth-order valence-corrected chi connectivity index (χ4v) is 4.76. The van der Waals surface area contributed by atoms with E-state index in [2.05, 4.69) is 26.4 Å². The van der Waals surface area contributed by atoms with Crippen LogP contribution in [0, 0.1) is 0 Å². The molecule has 1 aromatic carbocycles. The fourth-order valence-electron chi connectivity index (χ4n) is 2.94. The van der Waals surface area contributed by atoms with Crippen molar-refractivity contribution < 1.29 is 13.2 Å². The third-order valence-corrected chi connectivity index (χ3v) is 6.93. The van der Waals surface area contributed by atoms with Crippen molar-refractivity contribution in [2.45, 2.75) is 17.9 Å². The predicted molar refractivity (Wildman–Crippen MR) is 107 cm³/mol. The van der Waals surface area contributed by atoms with Gasteiger partial charge in [0, 0.05) is 50.7 Å². The van der Waals surface area contributed by atoms with Gasteiger partial charge in [-0.1, -0.05) is 11.6 Å². The molecule has 1 aliphatic rings. The highest BCUT2D eigenvalue weighted by atomic mass is 35.5. The maximum atomic E-state index is 12.3. The first-order valence-electron chi connectivity index (χ1n) is 8.70. The smallest absolute Gasteiger partial charge is 0.240 e. The molecule has 0 atom stereocenters. The quantitative estimate of drug-likeness (QED) is 0.736. The predicted octanol–water partition coefficient (Wildman–Crippen LogP) is 2.41. The number of piperazine rings is 1. The maximum Gasteiger partial charge on any atom is 0.240 e. The molecule has 2 heterocycles. The molecule has 0 saturated carbocycles. The van der Waals surface area contributed by atoms with Crippen molar-refractivity contribution in [3.8, 4) is 0 Å². The first-order valence-corrected chi connectivity index (χ1v) is 11.5. The number of benzene rings is 1. The van der Waals surface area contributed by atoms with Crippen LogP contribution < -0.4 is 4.72 Å². The zero-order chi connectivity index (χ0) is 19.3. The highest BCUT2D eigenvalue weighted by molar-refractivity contribution is 7.89. The van der Waals surface area contributed by atoms with Crippen molar-refractivity contribution in [3.63, 3.8) is 0 Å². The molecule has 3 rings (SSSR count). The van der Waals surface area contributed by atoms with Crippen LogP contribution >= 0.6 is 22.9 Å². The number of sulfonamides is 1. The van der Waals surface area contributed by atoms with Crippen LogP contribution in [0.1, 0.15) is 12.0 Å². The molecular formula is C18H22ClN3O3S2. The van der Waals surface area contributed by atoms with Gasteiger partial charge in [0.25, 0.3) is 0 Å². The lowest BCUT2D eigenvalue weighted by molar-refractivity contribution is -0.132. The Hall–Kier alpha value is -1.45. The van der Waals surface area contributed by atoms with Crippen LogP contribution in [0.4, 0.5) is 0 Å². The normalized spacial score (nSPS) is 15.8. The van der Waals surface area contributed by atoms with E-state index in [4.69, 9.17) is 11.6 Å². The van der Waals surface area contributed by atoms with Gasteiger partial charge in [-0.25, -0.2) is 13.1 Å². The van der Waals surface area contributed by atoms with E-state index in [-0.39, 0.29) is 23.8 Å². The second-order valence-electron chi connectivity index (χ2n) is 6.39. The Kier molecular flexibility index (Phi) is 6.88. The number of hydrogen-bond acceptors (Lipinski definition) is 5. The van der Waals surface area contributed by atoms with Gasteiger partial charge in [-0.3, -0.25) is 9.69 Å². The van der Waals surface area contributed by atoms with Crippen LogP contribution in [0.3, 0.4) is 0 Å². The second kappa shape index (κ2) is 9.16. The van der Waals surface area contributed by atoms with E-state index in [0.29, 0.717) is 18.1 Å². The minimum atomic E-state index is -3.63. The number of hydrogen-bond donors (Lipinski definition) is 1. The fraction of sp³-hybridized carbons (Fsp3) is 0.389. The van der Waals surface area contributed by atoms with Gasteiger partial charge in [0.15, 0.2) is 0 Å². The van der Waals surface area contributed by atoms with E-state index in [9.17, 15) is 13.2 Å². The summed E-state index contributed by atoms with van der Waals surface area (Å²) in [7, 11) is -3.63. The first kappa shape index (κ1) is 20.3. The Morgan fingerprint density at radius 2 is 1.81 bits per heavy atom. The summed E-state index contributed by atoms with van der Waals surface area (Å²) in [5.74, 6) is -0.0241. The van der Waals surface area contributed by atoms with Gasteiger partial charge in [0.05, 0.1) is 4.90 Å². The standard InChI is InChI=1S/C18H22ClN3O3S2/c19-16-1-3-17(4-2-16)27(24,25)20-7-5-18(23)22-10-8-21(9-11-22)13-15-6-12-26-14-15/h1-4,6,12,14,20H,5,7-11,13H2. The van der Waals surface area contributed by atoms with Gasteiger partial charge in [0.1, 0.15) is 0 Å². The minimum Gasteiger partial charge on any atom is -0.340 e. The summed E-state index contributed by atoms with van der Waals surface area (Å²) in [6.07, 6.45) is 0.150. The van der Waals surface area contributed by atoms with Crippen molar-refractivity contribution >= 4 is 38.9 Å². The van der Waals surface area contributed by atoms with E-state index in [1.165, 1.54) is 29.8 Å². The minimum absolute atomic E-state index is 0.0241. The number of carbonyl (C=O) groups is 1. The van der Waals surface area contributed by atoms with Gasteiger partial charge in [-0.2, -0.15) is 11.3 Å². The zero-order valence-electron chi connectivity index (χ0n) is 14.8. The van der Waals surface area contributed by atoms with E-state index in [0.717, 1.165) is 19.6 Å². The molecule has 1 amide bonds. The zero-order valence-corrected chi connectivity index (χ0v) is 17.2. The van der Waals surface area contributed by atoms with Crippen LogP contribution in [0.25, 0.3) is 0 Å². The second-order valence-corrected chi connectivity index (χ2v) is 9.37. The van der Waals surface area contributed by atoms with Gasteiger partial charge < -0.3 is 4.90 Å². The Labute approximate surface area is 168 Å². The number of carbonyl (C=O) groups excluding carboxylic acids is 1. The van der Waals surface area contributed by atoms with Crippen LogP contribution in [0.15, 0.2) is 46.0 Å². The lowest BCUT2D eigenvalue weighted by atomic mass is 10.2. The summed E-state index contributed by atoms with van der Waals surface area (Å²) in [4.78, 5) is 16.6. The molecule has 9 heteroatoms. The number of nitrogens with one attached hydrogen (secondary N) is 1. The van der Waals surface area contributed by atoms with Gasteiger partial charge in [-0.05, 0) is 46.7 Å². The molecule has 0 bridgehead atoms. The van der Waals surface area contributed by atoms with Crippen LogP contribution in [0.2, 0.25) is 5.02 Å². The lowest BCUT2D eigenvalue weighted by Crippen LogP contribution is -2.48. The highest BCUT2D eigenvalue weighted by Gasteiger charge is 2.21. The number of rotatable bonds is 7. The lowest BCUT2D eigenvalue weighted by Gasteiger charge is -2.34. The van der Waals surface area contributed by atoms with Crippen molar-refractivity contribution in [1.29, 1.82) is 0 Å². The van der Waals surface area contributed by atoms with E-state index >= 15 is 0 Å². The van der Waals surface area contributed by atoms with E-state index < -0.39 is 10.0 Å². The molecule has 1 saturated heterocycles. The first-order chi connectivity index (χ1) is 12.9. The third kappa shape index (κ3) is 5.76. The number of amides is 1. The van der Waals surface area contributed by atoms with Crippen molar-refractivity contribution in [1.82, 2.24) is 14.5 Å². The number of nitrogens with zero attached hydrogens (tertiary/aromatic N) is 2. The molecular weight excluding hydrogens is 406 g/mol. The van der Waals surface area contributed by atoms with Crippen LogP contribution in [-0.4, -0.2) is 56.8 Å². The largest absolute Gasteiger partial charge is 0.340 e. The third-order valence-electron chi connectivity index (χ3n) is 4.47. The van der Waals surface area contributed by atoms with E-state index in [1.807, 2.05) is 0 Å². The topological polar surface area (TPSA) is 69.7 Å². The molecule has 0 radical (unpaired) electrons. The van der Waals surface area contributed by atoms with Crippen molar-refractivity contribution in [2.24, 2.45) is 0 Å². The molecule has 0 spiro atoms. The highest BCUT2D eigenvalue weighted by Crippen LogP contribution is 2.14. The molecule has 1 fully saturated rings. The molecule has 27 heavy (non-hydrogen) atoms. The number of thiophene rings is 1. The average molecular weight is 428 g/mol. The SMILES string of the molecule is O=C(CCNS(=O)(=O)c1ccc(Cl)cc1)N1CCN(Cc2ccsc2)CC1. The van der Waals surface area contributed by atoms with E-state index in [1.54, 1.807) is 16.2 Å². The Bertz CT molecular complexity index is 846. The summed E-state index contributed by atoms with van der Waals surface area (Å²) in [6, 6.07) is 8.06. The molecule has 1 aromatic heterocycles. The van der Waals surface area contributed by atoms with Gasteiger partial charge in [0.2, 0.25) is 15.9 Å². The molecule has 2 aromatic rings. The van der Waals surface area contributed by atoms with Gasteiger partial charge >= 0.3 is 0 Å². The average Bonchev–Trinajstić information content (AvgIpc) is 3.15. The summed E-state index contributed by atoms with van der Waals surface area (Å²) in [5, 5.41) is 4.69. The van der Waals surface area contributed by atoms with Gasteiger partial charge in [-0.15, -0.1) is 0 Å². The monoisotopic (exact) mass is 427 g/mol. The number of halogens is 1. The molecule has 1 aliphatic heterocycles. The van der Waals surface area contributed by atoms with Crippen molar-refractivity contribution in [2.75, 3.05) is 32.7 Å².